The van der Waals surface area contributed by atoms with Gasteiger partial charge in [-0.1, -0.05) is 26.2 Å². The van der Waals surface area contributed by atoms with Crippen molar-refractivity contribution in [3.05, 3.63) is 0 Å². The Morgan fingerprint density at radius 1 is 1.33 bits per heavy atom. The molecule has 0 aromatic rings. The van der Waals surface area contributed by atoms with Crippen LogP contribution in [0.5, 0.6) is 0 Å². The van der Waals surface area contributed by atoms with Crippen molar-refractivity contribution < 1.29 is 14.7 Å². The molecule has 1 fully saturated rings. The van der Waals surface area contributed by atoms with Crippen LogP contribution in [0.1, 0.15) is 45.4 Å². The number of hydrogen-bond donors (Lipinski definition) is 3. The van der Waals surface area contributed by atoms with Gasteiger partial charge >= 0.3 is 5.97 Å². The lowest BCUT2D eigenvalue weighted by molar-refractivity contribution is -0.138. The smallest absolute Gasteiger partial charge is 0.303 e. The molecule has 104 valence electrons. The number of carbonyl (C=O) groups excluding carboxylic acids is 1. The highest BCUT2D eigenvalue weighted by Gasteiger charge is 2.16. The van der Waals surface area contributed by atoms with Crippen LogP contribution in [-0.4, -0.2) is 36.1 Å². The lowest BCUT2D eigenvalue weighted by atomic mass is 10.0. The predicted octanol–water partition coefficient (Wildman–Crippen LogP) is 1.14. The first-order valence-electron chi connectivity index (χ1n) is 6.83. The molecule has 0 radical (unpaired) electrons. The molecule has 0 aromatic heterocycles. The molecule has 0 heterocycles. The van der Waals surface area contributed by atoms with Crippen molar-refractivity contribution in [3.8, 4) is 0 Å². The molecule has 1 rings (SSSR count). The van der Waals surface area contributed by atoms with Gasteiger partial charge in [-0.15, -0.1) is 0 Å². The second kappa shape index (κ2) is 8.08. The summed E-state index contributed by atoms with van der Waals surface area (Å²) in [5.74, 6) is -0.816. The molecular weight excluding hydrogens is 232 g/mol. The molecule has 1 amide bonds. The van der Waals surface area contributed by atoms with E-state index in [0.717, 1.165) is 19.3 Å². The third kappa shape index (κ3) is 6.00. The highest BCUT2D eigenvalue weighted by atomic mass is 16.4. The molecule has 1 aliphatic rings. The number of nitrogens with one attached hydrogen (secondary N) is 2. The Labute approximate surface area is 108 Å². The first-order valence-corrected chi connectivity index (χ1v) is 6.83. The molecule has 1 saturated carbocycles. The summed E-state index contributed by atoms with van der Waals surface area (Å²) in [5.41, 5.74) is 0. The lowest BCUT2D eigenvalue weighted by Gasteiger charge is -2.15. The zero-order chi connectivity index (χ0) is 13.4. The average Bonchev–Trinajstić information content (AvgIpc) is 2.84. The van der Waals surface area contributed by atoms with Crippen molar-refractivity contribution in [1.29, 1.82) is 0 Å². The average molecular weight is 256 g/mol. The summed E-state index contributed by atoms with van der Waals surface area (Å²) in [6.45, 7) is 2.73. The molecule has 0 aromatic carbocycles. The van der Waals surface area contributed by atoms with Crippen LogP contribution in [0.2, 0.25) is 0 Å². The van der Waals surface area contributed by atoms with Gasteiger partial charge in [0.25, 0.3) is 0 Å². The first-order chi connectivity index (χ1) is 8.61. The third-order valence-corrected chi connectivity index (χ3v) is 3.54. The number of carboxylic acid groups (broad SMARTS) is 1. The number of rotatable bonds is 8. The quantitative estimate of drug-likeness (QED) is 0.608. The highest BCUT2D eigenvalue weighted by Crippen LogP contribution is 2.17. The number of carboxylic acids is 1. The van der Waals surface area contributed by atoms with Gasteiger partial charge in [-0.25, -0.2) is 0 Å². The summed E-state index contributed by atoms with van der Waals surface area (Å²) in [6.07, 6.45) is 5.69. The number of amides is 1. The fraction of sp³-hybridized carbons (Fsp3) is 0.846. The Balaban J connectivity index is 2.12. The molecule has 0 bridgehead atoms. The van der Waals surface area contributed by atoms with E-state index in [1.54, 1.807) is 0 Å². The Kier molecular flexibility index (Phi) is 6.72. The van der Waals surface area contributed by atoms with Crippen molar-refractivity contribution in [2.45, 2.75) is 51.5 Å². The van der Waals surface area contributed by atoms with Crippen LogP contribution in [0.3, 0.4) is 0 Å². The van der Waals surface area contributed by atoms with Gasteiger partial charge in [0, 0.05) is 19.0 Å². The van der Waals surface area contributed by atoms with Crippen LogP contribution in [0, 0.1) is 5.92 Å². The molecule has 5 heteroatoms. The van der Waals surface area contributed by atoms with Crippen molar-refractivity contribution in [1.82, 2.24) is 10.6 Å². The van der Waals surface area contributed by atoms with E-state index >= 15 is 0 Å². The van der Waals surface area contributed by atoms with Gasteiger partial charge in [0.2, 0.25) is 5.91 Å². The van der Waals surface area contributed by atoms with E-state index in [-0.39, 0.29) is 18.2 Å². The van der Waals surface area contributed by atoms with E-state index in [4.69, 9.17) is 5.11 Å². The van der Waals surface area contributed by atoms with Gasteiger partial charge in [-0.3, -0.25) is 9.59 Å². The van der Waals surface area contributed by atoms with Crippen LogP contribution >= 0.6 is 0 Å². The second-order valence-electron chi connectivity index (χ2n) is 5.04. The summed E-state index contributed by atoms with van der Waals surface area (Å²) in [6, 6.07) is 0.483. The molecule has 0 aliphatic heterocycles. The van der Waals surface area contributed by atoms with Crippen LogP contribution < -0.4 is 10.6 Å². The van der Waals surface area contributed by atoms with Crippen molar-refractivity contribution >= 4 is 11.9 Å². The van der Waals surface area contributed by atoms with E-state index in [9.17, 15) is 9.59 Å². The fourth-order valence-electron chi connectivity index (χ4n) is 2.30. The minimum absolute atomic E-state index is 0.0259. The van der Waals surface area contributed by atoms with Gasteiger partial charge < -0.3 is 15.7 Å². The number of aliphatic carboxylic acids is 1. The third-order valence-electron chi connectivity index (χ3n) is 3.54. The van der Waals surface area contributed by atoms with Gasteiger partial charge in [-0.2, -0.15) is 0 Å². The van der Waals surface area contributed by atoms with Crippen molar-refractivity contribution in [2.75, 3.05) is 13.1 Å². The van der Waals surface area contributed by atoms with E-state index in [1.165, 1.54) is 12.8 Å². The van der Waals surface area contributed by atoms with Gasteiger partial charge in [-0.05, 0) is 18.8 Å². The second-order valence-corrected chi connectivity index (χ2v) is 5.04. The fourth-order valence-corrected chi connectivity index (χ4v) is 2.30. The van der Waals surface area contributed by atoms with Crippen molar-refractivity contribution in [2.24, 2.45) is 5.92 Å². The summed E-state index contributed by atoms with van der Waals surface area (Å²) in [4.78, 5) is 22.2. The number of carbonyl (C=O) groups is 2. The largest absolute Gasteiger partial charge is 0.481 e. The SMILES string of the molecule is CCC(CNC(=O)CNC1CCCC1)CC(=O)O. The molecule has 1 unspecified atom stereocenters. The maximum absolute atomic E-state index is 11.6. The van der Waals surface area contributed by atoms with E-state index in [2.05, 4.69) is 10.6 Å². The lowest BCUT2D eigenvalue weighted by Crippen LogP contribution is -2.40. The molecule has 0 saturated heterocycles. The summed E-state index contributed by atoms with van der Waals surface area (Å²) >= 11 is 0. The zero-order valence-electron chi connectivity index (χ0n) is 11.1. The van der Waals surface area contributed by atoms with Crippen LogP contribution in [-0.2, 0) is 9.59 Å². The maximum atomic E-state index is 11.6. The van der Waals surface area contributed by atoms with Crippen molar-refractivity contribution in [3.63, 3.8) is 0 Å². The zero-order valence-corrected chi connectivity index (χ0v) is 11.1. The minimum atomic E-state index is -0.805. The van der Waals surface area contributed by atoms with Crippen LogP contribution in [0.15, 0.2) is 0 Å². The highest BCUT2D eigenvalue weighted by molar-refractivity contribution is 5.78. The monoisotopic (exact) mass is 256 g/mol. The Morgan fingerprint density at radius 2 is 2.00 bits per heavy atom. The molecular formula is C13H24N2O3. The van der Waals surface area contributed by atoms with Gasteiger partial charge in [0.05, 0.1) is 6.54 Å². The Morgan fingerprint density at radius 3 is 2.56 bits per heavy atom. The van der Waals surface area contributed by atoms with Gasteiger partial charge in [0.15, 0.2) is 0 Å². The summed E-state index contributed by atoms with van der Waals surface area (Å²) in [7, 11) is 0. The maximum Gasteiger partial charge on any atom is 0.303 e. The molecule has 3 N–H and O–H groups in total. The Hall–Kier alpha value is -1.10. The Bertz CT molecular complexity index is 275. The molecule has 1 aliphatic carbocycles. The number of hydrogen-bond acceptors (Lipinski definition) is 3. The van der Waals surface area contributed by atoms with Gasteiger partial charge in [0.1, 0.15) is 0 Å². The molecule has 0 spiro atoms. The first kappa shape index (κ1) is 15.0. The summed E-state index contributed by atoms with van der Waals surface area (Å²) in [5, 5.41) is 14.7. The van der Waals surface area contributed by atoms with E-state index < -0.39 is 5.97 Å². The predicted molar refractivity (Wildman–Crippen MR) is 69.3 cm³/mol. The molecule has 1 atom stereocenters. The van der Waals surface area contributed by atoms with Crippen LogP contribution in [0.25, 0.3) is 0 Å². The van der Waals surface area contributed by atoms with E-state index in [0.29, 0.717) is 19.1 Å². The molecule has 5 nitrogen and oxygen atoms in total. The molecule has 18 heavy (non-hydrogen) atoms. The normalized spacial score (nSPS) is 17.6. The standard InChI is InChI=1S/C13H24N2O3/c1-2-10(7-13(17)18)8-15-12(16)9-14-11-5-3-4-6-11/h10-11,14H,2-9H2,1H3,(H,15,16)(H,17,18). The van der Waals surface area contributed by atoms with E-state index in [1.807, 2.05) is 6.92 Å². The minimum Gasteiger partial charge on any atom is -0.481 e. The topological polar surface area (TPSA) is 78.4 Å². The van der Waals surface area contributed by atoms with Crippen LogP contribution in [0.4, 0.5) is 0 Å². The summed E-state index contributed by atoms with van der Waals surface area (Å²) < 4.78 is 0.